The van der Waals surface area contributed by atoms with Crippen LogP contribution in [0.4, 0.5) is 0 Å². The van der Waals surface area contributed by atoms with E-state index in [1.54, 1.807) is 0 Å². The van der Waals surface area contributed by atoms with E-state index in [4.69, 9.17) is 0 Å². The van der Waals surface area contributed by atoms with Gasteiger partial charge >= 0.3 is 0 Å². The summed E-state index contributed by atoms with van der Waals surface area (Å²) in [6.07, 6.45) is 12.9. The van der Waals surface area contributed by atoms with Crippen molar-refractivity contribution in [1.29, 1.82) is 0 Å². The van der Waals surface area contributed by atoms with Gasteiger partial charge in [-0.05, 0) is 38.1 Å². The van der Waals surface area contributed by atoms with Gasteiger partial charge in [0.2, 0.25) is 0 Å². The molecule has 1 fully saturated rings. The molecule has 1 aliphatic rings. The summed E-state index contributed by atoms with van der Waals surface area (Å²) < 4.78 is 0. The smallest absolute Gasteiger partial charge is 0.00667 e. The first-order valence-corrected chi connectivity index (χ1v) is 7.47. The van der Waals surface area contributed by atoms with Crippen LogP contribution >= 0.6 is 0 Å². The average molecular weight is 225 g/mol. The van der Waals surface area contributed by atoms with Gasteiger partial charge in [0, 0.05) is 6.04 Å². The standard InChI is InChI=1S/C15H31N/c1-4-6-8-13(5-2)11-14-9-7-10-15(12-14)16-3/h13-16H,4-12H2,1-3H3. The fourth-order valence-electron chi connectivity index (χ4n) is 3.22. The van der Waals surface area contributed by atoms with E-state index in [1.807, 2.05) is 0 Å². The highest BCUT2D eigenvalue weighted by Gasteiger charge is 2.22. The molecule has 0 aromatic carbocycles. The van der Waals surface area contributed by atoms with Gasteiger partial charge in [0.05, 0.1) is 0 Å². The summed E-state index contributed by atoms with van der Waals surface area (Å²) in [4.78, 5) is 0. The van der Waals surface area contributed by atoms with E-state index in [2.05, 4.69) is 26.2 Å². The molecule has 0 radical (unpaired) electrons. The molecule has 1 aliphatic carbocycles. The van der Waals surface area contributed by atoms with Crippen molar-refractivity contribution in [2.24, 2.45) is 11.8 Å². The van der Waals surface area contributed by atoms with Crippen LogP contribution in [0.2, 0.25) is 0 Å². The first-order valence-electron chi connectivity index (χ1n) is 7.47. The maximum atomic E-state index is 3.47. The lowest BCUT2D eigenvalue weighted by Crippen LogP contribution is -2.31. The van der Waals surface area contributed by atoms with Crippen molar-refractivity contribution in [3.05, 3.63) is 0 Å². The second-order valence-electron chi connectivity index (χ2n) is 5.67. The molecule has 0 aromatic heterocycles. The molecule has 1 nitrogen and oxygen atoms in total. The van der Waals surface area contributed by atoms with Crippen molar-refractivity contribution < 1.29 is 0 Å². The summed E-state index contributed by atoms with van der Waals surface area (Å²) in [6.45, 7) is 4.68. The maximum absolute atomic E-state index is 3.47. The molecule has 3 atom stereocenters. The average Bonchev–Trinajstić information content (AvgIpc) is 2.34. The zero-order valence-corrected chi connectivity index (χ0v) is 11.6. The van der Waals surface area contributed by atoms with Crippen molar-refractivity contribution in [1.82, 2.24) is 5.32 Å². The Labute approximate surface area is 102 Å². The van der Waals surface area contributed by atoms with Crippen LogP contribution in [0.5, 0.6) is 0 Å². The minimum Gasteiger partial charge on any atom is -0.317 e. The molecule has 1 N–H and O–H groups in total. The van der Waals surface area contributed by atoms with E-state index in [0.29, 0.717) is 0 Å². The summed E-state index contributed by atoms with van der Waals surface area (Å²) in [5, 5.41) is 3.47. The molecule has 0 spiro atoms. The Hall–Kier alpha value is -0.0400. The van der Waals surface area contributed by atoms with Crippen LogP contribution in [-0.4, -0.2) is 13.1 Å². The molecule has 0 saturated heterocycles. The molecule has 1 saturated carbocycles. The largest absolute Gasteiger partial charge is 0.317 e. The number of unbranched alkanes of at least 4 members (excludes halogenated alkanes) is 1. The molecule has 0 heterocycles. The van der Waals surface area contributed by atoms with E-state index in [-0.39, 0.29) is 0 Å². The van der Waals surface area contributed by atoms with Gasteiger partial charge in [-0.2, -0.15) is 0 Å². The van der Waals surface area contributed by atoms with Gasteiger partial charge in [0.15, 0.2) is 0 Å². The van der Waals surface area contributed by atoms with Gasteiger partial charge in [-0.15, -0.1) is 0 Å². The van der Waals surface area contributed by atoms with Crippen LogP contribution in [0.3, 0.4) is 0 Å². The molecule has 0 aromatic rings. The lowest BCUT2D eigenvalue weighted by atomic mass is 9.78. The van der Waals surface area contributed by atoms with Crippen molar-refractivity contribution in [2.75, 3.05) is 7.05 Å². The predicted molar refractivity (Wildman–Crippen MR) is 72.7 cm³/mol. The van der Waals surface area contributed by atoms with Crippen molar-refractivity contribution in [3.8, 4) is 0 Å². The van der Waals surface area contributed by atoms with Crippen molar-refractivity contribution in [2.45, 2.75) is 77.7 Å². The van der Waals surface area contributed by atoms with Gasteiger partial charge in [0.1, 0.15) is 0 Å². The van der Waals surface area contributed by atoms with Crippen LogP contribution in [0.15, 0.2) is 0 Å². The number of rotatable bonds is 7. The van der Waals surface area contributed by atoms with Gasteiger partial charge in [-0.3, -0.25) is 0 Å². The molecule has 0 aliphatic heterocycles. The second-order valence-corrected chi connectivity index (χ2v) is 5.67. The summed E-state index contributed by atoms with van der Waals surface area (Å²) in [7, 11) is 2.13. The topological polar surface area (TPSA) is 12.0 Å². The third-order valence-electron chi connectivity index (χ3n) is 4.40. The van der Waals surface area contributed by atoms with E-state index in [1.165, 1.54) is 57.8 Å². The number of hydrogen-bond acceptors (Lipinski definition) is 1. The molecule has 1 rings (SSSR count). The number of hydrogen-bond donors (Lipinski definition) is 1. The Morgan fingerprint density at radius 3 is 2.69 bits per heavy atom. The Bertz CT molecular complexity index is 167. The highest BCUT2D eigenvalue weighted by molar-refractivity contribution is 4.78. The van der Waals surface area contributed by atoms with Crippen LogP contribution in [0.25, 0.3) is 0 Å². The zero-order valence-electron chi connectivity index (χ0n) is 11.6. The minimum absolute atomic E-state index is 0.808. The van der Waals surface area contributed by atoms with Gasteiger partial charge in [-0.25, -0.2) is 0 Å². The predicted octanol–water partition coefficient (Wildman–Crippen LogP) is 4.37. The van der Waals surface area contributed by atoms with Gasteiger partial charge in [-0.1, -0.05) is 52.4 Å². The fraction of sp³-hybridized carbons (Fsp3) is 1.00. The highest BCUT2D eigenvalue weighted by atomic mass is 14.9. The molecule has 96 valence electrons. The maximum Gasteiger partial charge on any atom is 0.00667 e. The lowest BCUT2D eigenvalue weighted by Gasteiger charge is -2.31. The molecule has 0 amide bonds. The molecular weight excluding hydrogens is 194 g/mol. The Morgan fingerprint density at radius 2 is 2.06 bits per heavy atom. The van der Waals surface area contributed by atoms with Gasteiger partial charge in [0.25, 0.3) is 0 Å². The van der Waals surface area contributed by atoms with E-state index in [9.17, 15) is 0 Å². The summed E-state index contributed by atoms with van der Waals surface area (Å²) in [5.41, 5.74) is 0. The summed E-state index contributed by atoms with van der Waals surface area (Å²) in [6, 6.07) is 0.808. The monoisotopic (exact) mass is 225 g/mol. The Kier molecular flexibility index (Phi) is 7.11. The molecular formula is C15H31N. The Balaban J connectivity index is 2.27. The van der Waals surface area contributed by atoms with Crippen LogP contribution in [0, 0.1) is 11.8 Å². The first-order chi connectivity index (χ1) is 7.80. The van der Waals surface area contributed by atoms with Gasteiger partial charge < -0.3 is 5.32 Å². The van der Waals surface area contributed by atoms with Crippen molar-refractivity contribution >= 4 is 0 Å². The Morgan fingerprint density at radius 1 is 1.25 bits per heavy atom. The van der Waals surface area contributed by atoms with Crippen molar-refractivity contribution in [3.63, 3.8) is 0 Å². The fourth-order valence-corrected chi connectivity index (χ4v) is 3.22. The van der Waals surface area contributed by atoms with Crippen LogP contribution < -0.4 is 5.32 Å². The van der Waals surface area contributed by atoms with E-state index in [0.717, 1.165) is 17.9 Å². The number of nitrogens with one attached hydrogen (secondary N) is 1. The second kappa shape index (κ2) is 8.11. The SMILES string of the molecule is CCCCC(CC)CC1CCCC(NC)C1. The third kappa shape index (κ3) is 4.86. The van der Waals surface area contributed by atoms with E-state index < -0.39 is 0 Å². The third-order valence-corrected chi connectivity index (χ3v) is 4.40. The molecule has 1 heteroatoms. The van der Waals surface area contributed by atoms with Crippen LogP contribution in [-0.2, 0) is 0 Å². The highest BCUT2D eigenvalue weighted by Crippen LogP contribution is 2.32. The molecule has 0 bridgehead atoms. The van der Waals surface area contributed by atoms with E-state index >= 15 is 0 Å². The quantitative estimate of drug-likeness (QED) is 0.678. The minimum atomic E-state index is 0.808. The lowest BCUT2D eigenvalue weighted by molar-refractivity contribution is 0.238. The zero-order chi connectivity index (χ0) is 11.8. The normalized spacial score (nSPS) is 27.9. The molecule has 16 heavy (non-hydrogen) atoms. The first kappa shape index (κ1) is 14.0. The molecule has 3 unspecified atom stereocenters. The van der Waals surface area contributed by atoms with Crippen LogP contribution in [0.1, 0.15) is 71.6 Å². The summed E-state index contributed by atoms with van der Waals surface area (Å²) >= 11 is 0. The summed E-state index contributed by atoms with van der Waals surface area (Å²) in [5.74, 6) is 2.01.